The molecule has 0 spiro atoms. The van der Waals surface area contributed by atoms with Crippen LogP contribution in [0.25, 0.3) is 0 Å². The summed E-state index contributed by atoms with van der Waals surface area (Å²) in [4.78, 5) is 42.0. The molecule has 2 aromatic rings. The number of anilines is 2. The molecule has 11 nitrogen and oxygen atoms in total. The number of methoxy groups -OCH3 is 1. The van der Waals surface area contributed by atoms with Gasteiger partial charge in [-0.2, -0.15) is 0 Å². The molecular weight excluding hydrogens is 458 g/mol. The van der Waals surface area contributed by atoms with Gasteiger partial charge in [-0.15, -0.1) is 10.2 Å². The number of H-pyrrole nitrogens is 1. The van der Waals surface area contributed by atoms with Gasteiger partial charge in [-0.1, -0.05) is 44.4 Å². The van der Waals surface area contributed by atoms with Crippen molar-refractivity contribution in [1.29, 1.82) is 0 Å². The van der Waals surface area contributed by atoms with Crippen molar-refractivity contribution in [2.45, 2.75) is 76.5 Å². The van der Waals surface area contributed by atoms with Gasteiger partial charge in [0.05, 0.1) is 12.4 Å². The number of unbranched alkanes of at least 4 members (excludes halogenated alkanes) is 1. The van der Waals surface area contributed by atoms with Gasteiger partial charge in [0.25, 0.3) is 5.56 Å². The van der Waals surface area contributed by atoms with E-state index in [9.17, 15) is 14.4 Å². The van der Waals surface area contributed by atoms with E-state index in [-0.39, 0.29) is 36.3 Å². The van der Waals surface area contributed by atoms with Crippen LogP contribution in [0, 0.1) is 6.92 Å². The highest BCUT2D eigenvalue weighted by atomic mass is 32.2. The first-order chi connectivity index (χ1) is 16.4. The Morgan fingerprint density at radius 3 is 2.68 bits per heavy atom. The van der Waals surface area contributed by atoms with E-state index >= 15 is 0 Å². The number of rotatable bonds is 11. The van der Waals surface area contributed by atoms with Gasteiger partial charge in [-0.05, 0) is 26.2 Å². The molecule has 2 heterocycles. The molecule has 0 bridgehead atoms. The molecule has 0 aliphatic heterocycles. The van der Waals surface area contributed by atoms with E-state index in [1.807, 2.05) is 13.8 Å². The summed E-state index contributed by atoms with van der Waals surface area (Å²) in [6, 6.07) is 0.339. The zero-order valence-electron chi connectivity index (χ0n) is 20.2. The van der Waals surface area contributed by atoms with Gasteiger partial charge >= 0.3 is 5.69 Å². The molecule has 1 saturated carbocycles. The van der Waals surface area contributed by atoms with Crippen molar-refractivity contribution in [3.05, 3.63) is 26.7 Å². The molecule has 3 rings (SSSR count). The van der Waals surface area contributed by atoms with Crippen molar-refractivity contribution >= 4 is 29.2 Å². The summed E-state index contributed by atoms with van der Waals surface area (Å²) in [6.07, 6.45) is 7.30. The summed E-state index contributed by atoms with van der Waals surface area (Å²) >= 11 is 1.29. The van der Waals surface area contributed by atoms with Gasteiger partial charge in [0, 0.05) is 26.2 Å². The largest absolute Gasteiger partial charge is 0.383 e. The molecular formula is C22H35N7O4S. The monoisotopic (exact) mass is 493 g/mol. The fraction of sp³-hybridized carbons (Fsp3) is 0.682. The Morgan fingerprint density at radius 2 is 2.00 bits per heavy atom. The highest BCUT2D eigenvalue weighted by Crippen LogP contribution is 2.32. The van der Waals surface area contributed by atoms with Crippen LogP contribution in [0.2, 0.25) is 0 Å². The lowest BCUT2D eigenvalue weighted by atomic mass is 9.95. The number of carbonyl (C=O) groups excluding carboxylic acids is 1. The van der Waals surface area contributed by atoms with Crippen LogP contribution >= 0.6 is 11.8 Å². The maximum absolute atomic E-state index is 13.3. The molecule has 1 aliphatic rings. The van der Waals surface area contributed by atoms with E-state index in [1.54, 1.807) is 0 Å². The lowest BCUT2D eigenvalue weighted by molar-refractivity contribution is -0.116. The first kappa shape index (κ1) is 26.0. The Hall–Kier alpha value is -2.60. The average molecular weight is 494 g/mol. The van der Waals surface area contributed by atoms with Gasteiger partial charge in [0.15, 0.2) is 10.8 Å². The van der Waals surface area contributed by atoms with Crippen LogP contribution < -0.4 is 21.9 Å². The molecule has 0 aromatic carbocycles. The number of aromatic amines is 1. The van der Waals surface area contributed by atoms with E-state index in [1.165, 1.54) is 47.6 Å². The number of aromatic nitrogens is 5. The third kappa shape index (κ3) is 5.90. The zero-order valence-corrected chi connectivity index (χ0v) is 21.0. The second-order valence-electron chi connectivity index (χ2n) is 8.52. The van der Waals surface area contributed by atoms with Crippen LogP contribution in [0.4, 0.5) is 11.5 Å². The third-order valence-electron chi connectivity index (χ3n) is 6.14. The molecule has 12 heteroatoms. The quantitative estimate of drug-likeness (QED) is 0.453. The number of nitrogens with two attached hydrogens (primary N) is 1. The number of ether oxygens (including phenoxy) is 1. The van der Waals surface area contributed by atoms with E-state index < -0.39 is 11.2 Å². The van der Waals surface area contributed by atoms with Crippen molar-refractivity contribution in [3.63, 3.8) is 0 Å². The number of hydrogen-bond acceptors (Lipinski definition) is 8. The average Bonchev–Trinajstić information content (AvgIpc) is 3.20. The molecule has 1 fully saturated rings. The van der Waals surface area contributed by atoms with Crippen molar-refractivity contribution < 1.29 is 9.53 Å². The Kier molecular flexibility index (Phi) is 9.34. The van der Waals surface area contributed by atoms with Crippen molar-refractivity contribution in [2.75, 3.05) is 36.6 Å². The molecule has 0 radical (unpaired) electrons. The smallest absolute Gasteiger partial charge is 0.330 e. The minimum absolute atomic E-state index is 0.0159. The predicted octanol–water partition coefficient (Wildman–Crippen LogP) is 2.10. The van der Waals surface area contributed by atoms with Gasteiger partial charge in [-0.3, -0.25) is 19.1 Å². The molecule has 3 N–H and O–H groups in total. The number of aryl methyl sites for hydroxylation is 1. The minimum Gasteiger partial charge on any atom is -0.383 e. The van der Waals surface area contributed by atoms with Crippen LogP contribution in [0.1, 0.15) is 63.7 Å². The molecule has 2 aromatic heterocycles. The van der Waals surface area contributed by atoms with Crippen molar-refractivity contribution in [3.8, 4) is 0 Å². The Balaban J connectivity index is 1.85. The summed E-state index contributed by atoms with van der Waals surface area (Å²) in [6.45, 7) is 4.62. The lowest BCUT2D eigenvalue weighted by Crippen LogP contribution is -2.43. The summed E-state index contributed by atoms with van der Waals surface area (Å²) in [5, 5.41) is 9.22. The van der Waals surface area contributed by atoms with Crippen LogP contribution in [0.3, 0.4) is 0 Å². The highest BCUT2D eigenvalue weighted by Gasteiger charge is 2.26. The number of amides is 1. The molecule has 0 atom stereocenters. The summed E-state index contributed by atoms with van der Waals surface area (Å²) in [7, 11) is 1.52. The third-order valence-corrected chi connectivity index (χ3v) is 7.07. The number of carbonyl (C=O) groups is 1. The maximum atomic E-state index is 13.3. The van der Waals surface area contributed by atoms with Gasteiger partial charge in [-0.25, -0.2) is 4.79 Å². The van der Waals surface area contributed by atoms with E-state index in [4.69, 9.17) is 10.5 Å². The zero-order chi connectivity index (χ0) is 24.7. The van der Waals surface area contributed by atoms with Crippen LogP contribution in [0.5, 0.6) is 0 Å². The molecule has 1 amide bonds. The van der Waals surface area contributed by atoms with E-state index in [0.717, 1.165) is 25.1 Å². The fourth-order valence-electron chi connectivity index (χ4n) is 4.33. The molecule has 34 heavy (non-hydrogen) atoms. The second kappa shape index (κ2) is 12.2. The topological polar surface area (TPSA) is 141 Å². The van der Waals surface area contributed by atoms with Crippen LogP contribution in [0.15, 0.2) is 14.7 Å². The minimum atomic E-state index is -0.689. The van der Waals surface area contributed by atoms with Crippen molar-refractivity contribution in [2.24, 2.45) is 0 Å². The first-order valence-electron chi connectivity index (χ1n) is 11.8. The highest BCUT2D eigenvalue weighted by molar-refractivity contribution is 7.99. The molecule has 0 saturated heterocycles. The predicted molar refractivity (Wildman–Crippen MR) is 132 cm³/mol. The molecule has 1 aliphatic carbocycles. The number of nitrogens with one attached hydrogen (secondary N) is 1. The Labute approximate surface area is 203 Å². The van der Waals surface area contributed by atoms with Crippen molar-refractivity contribution in [1.82, 2.24) is 24.3 Å². The summed E-state index contributed by atoms with van der Waals surface area (Å²) in [5.74, 6) is 0.539. The molecule has 0 unspecified atom stereocenters. The lowest BCUT2D eigenvalue weighted by Gasteiger charge is -2.26. The Morgan fingerprint density at radius 1 is 1.26 bits per heavy atom. The van der Waals surface area contributed by atoms with Gasteiger partial charge in [0.1, 0.15) is 11.6 Å². The van der Waals surface area contributed by atoms with Gasteiger partial charge < -0.3 is 19.9 Å². The number of thioether (sulfide) groups is 1. The Bertz CT molecular complexity index is 1090. The van der Waals surface area contributed by atoms with E-state index in [0.29, 0.717) is 24.2 Å². The normalized spacial score (nSPS) is 14.4. The second-order valence-corrected chi connectivity index (χ2v) is 9.46. The number of nitrogens with zero attached hydrogens (tertiary/aromatic N) is 5. The van der Waals surface area contributed by atoms with E-state index in [2.05, 4.69) is 19.7 Å². The maximum Gasteiger partial charge on any atom is 0.330 e. The fourth-order valence-corrected chi connectivity index (χ4v) is 5.26. The SMILES string of the molecule is CCCCn1c(N)c(N(CCOC)C(=O)CSc2nnc(C)n2C2CCCCC2)c(=O)[nH]c1=O. The number of hydrogen-bond donors (Lipinski definition) is 2. The van der Waals surface area contributed by atoms with Crippen LogP contribution in [-0.2, 0) is 16.1 Å². The van der Waals surface area contributed by atoms with Gasteiger partial charge in [0.2, 0.25) is 5.91 Å². The summed E-state index contributed by atoms with van der Waals surface area (Å²) < 4.78 is 8.60. The first-order valence-corrected chi connectivity index (χ1v) is 12.8. The number of nitrogen functional groups attached to an aromatic ring is 1. The standard InChI is InChI=1S/C22H35N7O4S/c1-4-5-11-28-19(23)18(20(31)24-21(28)32)27(12-13-33-3)17(30)14-34-22-26-25-15(2)29(22)16-9-7-6-8-10-16/h16H,4-14,23H2,1-3H3,(H,24,31,32). The summed E-state index contributed by atoms with van der Waals surface area (Å²) in [5.41, 5.74) is 4.95. The van der Waals surface area contributed by atoms with Crippen LogP contribution in [-0.4, -0.2) is 56.2 Å². The molecule has 188 valence electrons.